The summed E-state index contributed by atoms with van der Waals surface area (Å²) >= 11 is 1.07. The summed E-state index contributed by atoms with van der Waals surface area (Å²) in [6.07, 6.45) is -0.542. The molecule has 0 aliphatic rings. The number of nitrogens with zero attached hydrogens (tertiary/aromatic N) is 2. The second-order valence-electron chi connectivity index (χ2n) is 5.90. The highest BCUT2D eigenvalue weighted by Crippen LogP contribution is 2.24. The Balaban J connectivity index is 1.49. The lowest BCUT2D eigenvalue weighted by Crippen LogP contribution is -2.15. The van der Waals surface area contributed by atoms with E-state index in [0.717, 1.165) is 11.8 Å². The van der Waals surface area contributed by atoms with E-state index in [1.54, 1.807) is 19.1 Å². The van der Waals surface area contributed by atoms with Gasteiger partial charge in [-0.05, 0) is 55.5 Å². The molecule has 150 valence electrons. The average Bonchev–Trinajstić information content (AvgIpc) is 3.18. The predicted octanol–water partition coefficient (Wildman–Crippen LogP) is 3.18. The maximum atomic E-state index is 12.9. The van der Waals surface area contributed by atoms with Gasteiger partial charge in [-0.1, -0.05) is 11.8 Å². The van der Waals surface area contributed by atoms with E-state index >= 15 is 0 Å². The molecular weight excluding hydrogens is 399 g/mol. The van der Waals surface area contributed by atoms with Crippen molar-refractivity contribution >= 4 is 29.3 Å². The lowest BCUT2D eigenvalue weighted by Gasteiger charge is -2.10. The van der Waals surface area contributed by atoms with Crippen LogP contribution in [0, 0.1) is 5.82 Å². The molecule has 2 amide bonds. The quantitative estimate of drug-likeness (QED) is 0.541. The van der Waals surface area contributed by atoms with Gasteiger partial charge in [-0.25, -0.2) is 4.39 Å². The molecule has 1 heterocycles. The van der Waals surface area contributed by atoms with E-state index in [9.17, 15) is 14.0 Å². The zero-order valence-corrected chi connectivity index (χ0v) is 16.1. The average molecular weight is 416 g/mol. The van der Waals surface area contributed by atoms with Gasteiger partial charge in [0.1, 0.15) is 11.6 Å². The van der Waals surface area contributed by atoms with Gasteiger partial charge in [0.2, 0.25) is 11.8 Å². The van der Waals surface area contributed by atoms with E-state index in [0.29, 0.717) is 17.0 Å². The Bertz CT molecular complexity index is 992. The van der Waals surface area contributed by atoms with E-state index in [1.165, 1.54) is 36.4 Å². The van der Waals surface area contributed by atoms with Crippen LogP contribution in [-0.2, 0) is 4.79 Å². The molecule has 0 saturated heterocycles. The lowest BCUT2D eigenvalue weighted by molar-refractivity contribution is -0.113. The lowest BCUT2D eigenvalue weighted by atomic mass is 10.2. The molecule has 8 nitrogen and oxygen atoms in total. The maximum Gasteiger partial charge on any atom is 0.277 e. The number of rotatable bonds is 8. The van der Waals surface area contributed by atoms with Crippen LogP contribution in [0.25, 0.3) is 0 Å². The van der Waals surface area contributed by atoms with Crippen molar-refractivity contribution in [1.29, 1.82) is 0 Å². The van der Waals surface area contributed by atoms with Crippen molar-refractivity contribution in [3.63, 3.8) is 0 Å². The number of anilines is 1. The number of carbonyl (C=O) groups is 2. The van der Waals surface area contributed by atoms with Crippen LogP contribution >= 0.6 is 11.8 Å². The summed E-state index contributed by atoms with van der Waals surface area (Å²) in [7, 11) is 0. The molecule has 0 bridgehead atoms. The first-order chi connectivity index (χ1) is 13.9. The molecule has 0 fully saturated rings. The number of carbonyl (C=O) groups excluding carboxylic acids is 2. The van der Waals surface area contributed by atoms with E-state index in [4.69, 9.17) is 14.9 Å². The summed E-state index contributed by atoms with van der Waals surface area (Å²) < 4.78 is 24.0. The van der Waals surface area contributed by atoms with Crippen LogP contribution in [0.1, 0.15) is 29.3 Å². The van der Waals surface area contributed by atoms with Crippen LogP contribution in [0.4, 0.5) is 10.1 Å². The Morgan fingerprint density at radius 2 is 1.86 bits per heavy atom. The molecule has 3 rings (SSSR count). The summed E-state index contributed by atoms with van der Waals surface area (Å²) in [6.45, 7) is 1.72. The fourth-order valence-corrected chi connectivity index (χ4v) is 2.82. The fourth-order valence-electron chi connectivity index (χ4n) is 2.25. The number of halogens is 1. The molecule has 3 N–H and O–H groups in total. The van der Waals surface area contributed by atoms with Crippen molar-refractivity contribution < 1.29 is 23.1 Å². The van der Waals surface area contributed by atoms with E-state index < -0.39 is 12.0 Å². The zero-order valence-electron chi connectivity index (χ0n) is 15.3. The molecule has 29 heavy (non-hydrogen) atoms. The Hall–Kier alpha value is -3.40. The number of ether oxygens (including phenoxy) is 1. The van der Waals surface area contributed by atoms with E-state index in [1.807, 2.05) is 0 Å². The third kappa shape index (κ3) is 5.79. The van der Waals surface area contributed by atoms with Crippen LogP contribution in [0.5, 0.6) is 5.75 Å². The third-order valence-electron chi connectivity index (χ3n) is 3.68. The van der Waals surface area contributed by atoms with Crippen LogP contribution in [-0.4, -0.2) is 27.8 Å². The number of benzene rings is 2. The number of hydrogen-bond donors (Lipinski definition) is 2. The third-order valence-corrected chi connectivity index (χ3v) is 4.49. The molecule has 0 radical (unpaired) electrons. The van der Waals surface area contributed by atoms with Crippen molar-refractivity contribution in [2.75, 3.05) is 11.1 Å². The monoisotopic (exact) mass is 416 g/mol. The first-order valence-electron chi connectivity index (χ1n) is 8.49. The molecule has 1 atom stereocenters. The summed E-state index contributed by atoms with van der Waals surface area (Å²) in [5.74, 6) is -0.428. The highest BCUT2D eigenvalue weighted by atomic mass is 32.2. The molecule has 0 aliphatic heterocycles. The minimum Gasteiger partial charge on any atom is -0.481 e. The molecule has 0 unspecified atom stereocenters. The van der Waals surface area contributed by atoms with Gasteiger partial charge in [-0.2, -0.15) is 0 Å². The summed E-state index contributed by atoms with van der Waals surface area (Å²) in [5, 5.41) is 10.7. The molecule has 0 aliphatic carbocycles. The molecular formula is C19H17FN4O4S. The normalized spacial score (nSPS) is 11.7. The van der Waals surface area contributed by atoms with Gasteiger partial charge in [0.25, 0.3) is 11.1 Å². The topological polar surface area (TPSA) is 120 Å². The molecule has 10 heteroatoms. The van der Waals surface area contributed by atoms with Crippen LogP contribution in [0.3, 0.4) is 0 Å². The fraction of sp³-hybridized carbons (Fsp3) is 0.158. The first-order valence-corrected chi connectivity index (χ1v) is 9.47. The SMILES string of the molecule is C[C@@H](Oc1ccc(F)cc1)c1nnc(SCC(=O)Nc2ccc(C(N)=O)cc2)o1. The standard InChI is InChI=1S/C19H17FN4O4S/c1-11(27-15-8-4-13(20)5-9-15)18-23-24-19(28-18)29-10-16(25)22-14-6-2-12(3-7-14)17(21)26/h2-9,11H,10H2,1H3,(H2,21,26)(H,22,25)/t11-/m1/s1. The second-order valence-corrected chi connectivity index (χ2v) is 6.83. The van der Waals surface area contributed by atoms with Crippen LogP contribution in [0.2, 0.25) is 0 Å². The minimum atomic E-state index is -0.542. The van der Waals surface area contributed by atoms with Gasteiger partial charge >= 0.3 is 0 Å². The Kier molecular flexibility index (Phi) is 6.45. The van der Waals surface area contributed by atoms with Gasteiger partial charge in [0.15, 0.2) is 6.10 Å². The minimum absolute atomic E-state index is 0.0480. The molecule has 1 aromatic heterocycles. The number of nitrogens with two attached hydrogens (primary N) is 1. The van der Waals surface area contributed by atoms with Crippen molar-refractivity contribution in [2.45, 2.75) is 18.3 Å². The summed E-state index contributed by atoms with van der Waals surface area (Å²) in [4.78, 5) is 23.1. The zero-order chi connectivity index (χ0) is 20.8. The van der Waals surface area contributed by atoms with Gasteiger partial charge in [0.05, 0.1) is 5.75 Å². The number of hydrogen-bond acceptors (Lipinski definition) is 7. The van der Waals surface area contributed by atoms with E-state index in [-0.39, 0.29) is 28.6 Å². The largest absolute Gasteiger partial charge is 0.481 e. The Labute approximate surface area is 169 Å². The van der Waals surface area contributed by atoms with Crippen LogP contribution in [0.15, 0.2) is 58.2 Å². The Morgan fingerprint density at radius 3 is 2.52 bits per heavy atom. The molecule has 3 aromatic rings. The second kappa shape index (κ2) is 9.20. The number of aromatic nitrogens is 2. The molecule has 2 aromatic carbocycles. The van der Waals surface area contributed by atoms with E-state index in [2.05, 4.69) is 15.5 Å². The summed E-state index contributed by atoms with van der Waals surface area (Å²) in [6, 6.07) is 11.8. The number of amides is 2. The van der Waals surface area contributed by atoms with Crippen molar-refractivity contribution in [3.8, 4) is 5.75 Å². The highest BCUT2D eigenvalue weighted by Gasteiger charge is 2.17. The van der Waals surface area contributed by atoms with Gasteiger partial charge in [-0.15, -0.1) is 10.2 Å². The number of thioether (sulfide) groups is 1. The predicted molar refractivity (Wildman–Crippen MR) is 104 cm³/mol. The smallest absolute Gasteiger partial charge is 0.277 e. The number of nitrogens with one attached hydrogen (secondary N) is 1. The number of primary amides is 1. The van der Waals surface area contributed by atoms with Gasteiger partial charge < -0.3 is 20.2 Å². The Morgan fingerprint density at radius 1 is 1.17 bits per heavy atom. The first kappa shape index (κ1) is 20.3. The van der Waals surface area contributed by atoms with Gasteiger partial charge in [-0.3, -0.25) is 9.59 Å². The highest BCUT2D eigenvalue weighted by molar-refractivity contribution is 7.99. The van der Waals surface area contributed by atoms with Crippen molar-refractivity contribution in [2.24, 2.45) is 5.73 Å². The maximum absolute atomic E-state index is 12.9. The summed E-state index contributed by atoms with van der Waals surface area (Å²) in [5.41, 5.74) is 6.06. The van der Waals surface area contributed by atoms with Gasteiger partial charge in [0, 0.05) is 11.3 Å². The molecule has 0 saturated carbocycles. The van der Waals surface area contributed by atoms with Crippen molar-refractivity contribution in [3.05, 3.63) is 65.8 Å². The molecule has 0 spiro atoms. The van der Waals surface area contributed by atoms with Crippen molar-refractivity contribution in [1.82, 2.24) is 10.2 Å². The van der Waals surface area contributed by atoms with Crippen LogP contribution < -0.4 is 15.8 Å².